The monoisotopic (exact) mass is 232 g/mol. The summed E-state index contributed by atoms with van der Waals surface area (Å²) >= 11 is 0. The molecule has 0 saturated heterocycles. The smallest absolute Gasteiger partial charge is 0.143 e. The number of halogens is 1. The summed E-state index contributed by atoms with van der Waals surface area (Å²) in [4.78, 5) is 0. The van der Waals surface area contributed by atoms with Crippen molar-refractivity contribution in [3.8, 4) is 6.07 Å². The predicted molar refractivity (Wildman–Crippen MR) is 66.2 cm³/mol. The molecule has 0 unspecified atom stereocenters. The van der Waals surface area contributed by atoms with Crippen molar-refractivity contribution in [2.24, 2.45) is 0 Å². The van der Waals surface area contributed by atoms with Crippen LogP contribution in [0.25, 0.3) is 0 Å². The van der Waals surface area contributed by atoms with E-state index in [1.807, 2.05) is 6.07 Å². The van der Waals surface area contributed by atoms with Crippen molar-refractivity contribution in [2.75, 3.05) is 5.32 Å². The second-order valence-corrected chi connectivity index (χ2v) is 4.64. The van der Waals surface area contributed by atoms with Gasteiger partial charge < -0.3 is 5.32 Å². The molecule has 0 spiro atoms. The average Bonchev–Trinajstić information content (AvgIpc) is 2.58. The molecule has 0 aliphatic heterocycles. The molecule has 1 aliphatic carbocycles. The highest BCUT2D eigenvalue weighted by Crippen LogP contribution is 2.22. The van der Waals surface area contributed by atoms with E-state index in [1.165, 1.54) is 37.8 Å². The van der Waals surface area contributed by atoms with Gasteiger partial charge in [0.2, 0.25) is 0 Å². The third-order valence-corrected chi connectivity index (χ3v) is 3.32. The van der Waals surface area contributed by atoms with E-state index in [2.05, 4.69) is 5.32 Å². The van der Waals surface area contributed by atoms with Crippen molar-refractivity contribution in [1.29, 1.82) is 5.26 Å². The van der Waals surface area contributed by atoms with Crippen LogP contribution in [0.2, 0.25) is 0 Å². The summed E-state index contributed by atoms with van der Waals surface area (Å²) in [5.74, 6) is -0.439. The summed E-state index contributed by atoms with van der Waals surface area (Å²) < 4.78 is 13.4. The maximum absolute atomic E-state index is 13.4. The van der Waals surface area contributed by atoms with Crippen molar-refractivity contribution >= 4 is 5.69 Å². The second-order valence-electron chi connectivity index (χ2n) is 4.64. The van der Waals surface area contributed by atoms with Gasteiger partial charge in [0, 0.05) is 11.7 Å². The molecule has 3 heteroatoms. The third kappa shape index (κ3) is 3.20. The molecule has 17 heavy (non-hydrogen) atoms. The lowest BCUT2D eigenvalue weighted by molar-refractivity contribution is 0.611. The molecule has 1 N–H and O–H groups in total. The van der Waals surface area contributed by atoms with Gasteiger partial charge in [0.25, 0.3) is 0 Å². The maximum Gasteiger partial charge on any atom is 0.143 e. The van der Waals surface area contributed by atoms with Gasteiger partial charge in [-0.05, 0) is 31.0 Å². The number of benzene rings is 1. The SMILES string of the molecule is N#Cc1ccc(NC2CCCCCC2)cc1F. The fraction of sp³-hybridized carbons (Fsp3) is 0.500. The zero-order valence-corrected chi connectivity index (χ0v) is 9.88. The minimum atomic E-state index is -0.439. The van der Waals surface area contributed by atoms with Crippen LogP contribution in [0.3, 0.4) is 0 Å². The lowest BCUT2D eigenvalue weighted by atomic mass is 10.1. The first-order chi connectivity index (χ1) is 8.29. The molecule has 2 rings (SSSR count). The number of nitrogens with one attached hydrogen (secondary N) is 1. The summed E-state index contributed by atoms with van der Waals surface area (Å²) in [6.45, 7) is 0. The van der Waals surface area contributed by atoms with E-state index in [0.717, 1.165) is 18.5 Å². The van der Waals surface area contributed by atoms with E-state index < -0.39 is 5.82 Å². The van der Waals surface area contributed by atoms with Crippen LogP contribution in [0.15, 0.2) is 18.2 Å². The fourth-order valence-corrected chi connectivity index (χ4v) is 2.35. The van der Waals surface area contributed by atoms with Crippen LogP contribution in [-0.2, 0) is 0 Å². The van der Waals surface area contributed by atoms with Crippen molar-refractivity contribution < 1.29 is 4.39 Å². The molecular formula is C14H17FN2. The minimum absolute atomic E-state index is 0.108. The van der Waals surface area contributed by atoms with Crippen LogP contribution in [0.5, 0.6) is 0 Å². The van der Waals surface area contributed by atoms with E-state index in [1.54, 1.807) is 6.07 Å². The Morgan fingerprint density at radius 2 is 1.88 bits per heavy atom. The highest BCUT2D eigenvalue weighted by Gasteiger charge is 2.12. The van der Waals surface area contributed by atoms with Crippen LogP contribution in [0.1, 0.15) is 44.1 Å². The topological polar surface area (TPSA) is 35.8 Å². The van der Waals surface area contributed by atoms with Crippen LogP contribution >= 0.6 is 0 Å². The number of anilines is 1. The molecule has 0 radical (unpaired) electrons. The van der Waals surface area contributed by atoms with Gasteiger partial charge in [0.15, 0.2) is 0 Å². The molecule has 1 aromatic carbocycles. The van der Waals surface area contributed by atoms with Gasteiger partial charge in [0.05, 0.1) is 5.56 Å². The average molecular weight is 232 g/mol. The molecule has 0 amide bonds. The Bertz CT molecular complexity index is 415. The Morgan fingerprint density at radius 3 is 2.47 bits per heavy atom. The van der Waals surface area contributed by atoms with Crippen LogP contribution in [0.4, 0.5) is 10.1 Å². The first-order valence-corrected chi connectivity index (χ1v) is 6.26. The van der Waals surface area contributed by atoms with Gasteiger partial charge in [-0.3, -0.25) is 0 Å². The van der Waals surface area contributed by atoms with Gasteiger partial charge in [-0.25, -0.2) is 4.39 Å². The summed E-state index contributed by atoms with van der Waals surface area (Å²) in [5.41, 5.74) is 0.893. The summed E-state index contributed by atoms with van der Waals surface area (Å²) in [7, 11) is 0. The van der Waals surface area contributed by atoms with E-state index in [9.17, 15) is 4.39 Å². The lowest BCUT2D eigenvalue weighted by Crippen LogP contribution is -2.18. The number of nitrogens with zero attached hydrogens (tertiary/aromatic N) is 1. The number of nitriles is 1. The van der Waals surface area contributed by atoms with Gasteiger partial charge in [0.1, 0.15) is 11.9 Å². The molecule has 1 fully saturated rings. The van der Waals surface area contributed by atoms with E-state index in [0.29, 0.717) is 6.04 Å². The van der Waals surface area contributed by atoms with Crippen LogP contribution in [0, 0.1) is 17.1 Å². The number of rotatable bonds is 2. The normalized spacial score (nSPS) is 17.2. The van der Waals surface area contributed by atoms with Crippen molar-refractivity contribution in [3.63, 3.8) is 0 Å². The Labute approximate surface area is 101 Å². The lowest BCUT2D eigenvalue weighted by Gasteiger charge is -2.17. The second kappa shape index (κ2) is 5.67. The highest BCUT2D eigenvalue weighted by atomic mass is 19.1. The Kier molecular flexibility index (Phi) is 3.98. The summed E-state index contributed by atoms with van der Waals surface area (Å²) in [6, 6.07) is 7.02. The largest absolute Gasteiger partial charge is 0.382 e. The van der Waals surface area contributed by atoms with Gasteiger partial charge >= 0.3 is 0 Å². The zero-order valence-electron chi connectivity index (χ0n) is 9.88. The van der Waals surface area contributed by atoms with Gasteiger partial charge in [-0.2, -0.15) is 5.26 Å². The van der Waals surface area contributed by atoms with Crippen molar-refractivity contribution in [2.45, 2.75) is 44.6 Å². The molecular weight excluding hydrogens is 215 g/mol. The number of hydrogen-bond donors (Lipinski definition) is 1. The first-order valence-electron chi connectivity index (χ1n) is 6.26. The van der Waals surface area contributed by atoms with Crippen molar-refractivity contribution in [3.05, 3.63) is 29.6 Å². The third-order valence-electron chi connectivity index (χ3n) is 3.32. The zero-order chi connectivity index (χ0) is 12.1. The Hall–Kier alpha value is -1.56. The molecule has 0 heterocycles. The van der Waals surface area contributed by atoms with E-state index in [4.69, 9.17) is 5.26 Å². The number of hydrogen-bond acceptors (Lipinski definition) is 2. The van der Waals surface area contributed by atoms with Crippen LogP contribution < -0.4 is 5.32 Å². The molecule has 1 aromatic rings. The van der Waals surface area contributed by atoms with Gasteiger partial charge in [-0.1, -0.05) is 25.7 Å². The fourth-order valence-electron chi connectivity index (χ4n) is 2.35. The predicted octanol–water partition coefficient (Wildman–Crippen LogP) is 3.83. The van der Waals surface area contributed by atoms with Gasteiger partial charge in [-0.15, -0.1) is 0 Å². The van der Waals surface area contributed by atoms with E-state index in [-0.39, 0.29) is 5.56 Å². The minimum Gasteiger partial charge on any atom is -0.382 e. The highest BCUT2D eigenvalue weighted by molar-refractivity contribution is 5.48. The van der Waals surface area contributed by atoms with Crippen LogP contribution in [-0.4, -0.2) is 6.04 Å². The molecule has 0 aromatic heterocycles. The molecule has 0 atom stereocenters. The molecule has 1 saturated carbocycles. The van der Waals surface area contributed by atoms with E-state index >= 15 is 0 Å². The van der Waals surface area contributed by atoms with Crippen molar-refractivity contribution in [1.82, 2.24) is 0 Å². The summed E-state index contributed by atoms with van der Waals surface area (Å²) in [5, 5.41) is 12.0. The molecule has 2 nitrogen and oxygen atoms in total. The quantitative estimate of drug-likeness (QED) is 0.786. The standard InChI is InChI=1S/C14H17FN2/c15-14-9-13(8-7-11(14)10-16)17-12-5-3-1-2-4-6-12/h7-9,12,17H,1-6H2. The first kappa shape index (κ1) is 11.9. The molecule has 0 bridgehead atoms. The summed E-state index contributed by atoms with van der Waals surface area (Å²) in [6.07, 6.45) is 7.41. The molecule has 90 valence electrons. The molecule has 1 aliphatic rings. The Balaban J connectivity index is 2.03. The maximum atomic E-state index is 13.4. The Morgan fingerprint density at radius 1 is 1.18 bits per heavy atom.